The molecule has 32 heavy (non-hydrogen) atoms. The maximum absolute atomic E-state index is 13.3. The molecule has 0 amide bonds. The Balaban J connectivity index is 1.81. The molecular weight excluding hydrogens is 628 g/mol. The fraction of sp³-hybridized carbons (Fsp3) is 0.160. The third-order valence-electron chi connectivity index (χ3n) is 5.02. The van der Waals surface area contributed by atoms with Crippen LogP contribution in [0.3, 0.4) is 0 Å². The van der Waals surface area contributed by atoms with E-state index in [4.69, 9.17) is 9.72 Å². The van der Waals surface area contributed by atoms with Crippen LogP contribution in [0.25, 0.3) is 22.3 Å². The van der Waals surface area contributed by atoms with E-state index in [9.17, 15) is 4.79 Å². The molecule has 0 fully saturated rings. The summed E-state index contributed by atoms with van der Waals surface area (Å²) in [5, 5.41) is 5.09. The lowest BCUT2D eigenvalue weighted by Crippen LogP contribution is -2.20. The molecule has 0 aliphatic carbocycles. The predicted octanol–water partition coefficient (Wildman–Crippen LogP) is 6.33. The van der Waals surface area contributed by atoms with Crippen LogP contribution in [-0.2, 0) is 0 Å². The summed E-state index contributed by atoms with van der Waals surface area (Å²) in [4.78, 5) is 18.0. The molecule has 7 heteroatoms. The molecule has 4 aromatic rings. The van der Waals surface area contributed by atoms with Crippen molar-refractivity contribution in [2.45, 2.75) is 26.4 Å². The lowest BCUT2D eigenvalue weighted by molar-refractivity contribution is 0.214. The lowest BCUT2D eigenvalue weighted by atomic mass is 10.2. The molecule has 1 aromatic heterocycles. The molecule has 0 aliphatic heterocycles. The molecule has 1 heterocycles. The van der Waals surface area contributed by atoms with Crippen LogP contribution >= 0.6 is 45.2 Å². The Labute approximate surface area is 213 Å². The van der Waals surface area contributed by atoms with Crippen molar-refractivity contribution < 1.29 is 4.74 Å². The summed E-state index contributed by atoms with van der Waals surface area (Å²) in [7, 11) is 0. The van der Waals surface area contributed by atoms with Gasteiger partial charge >= 0.3 is 0 Å². The third kappa shape index (κ3) is 4.88. The van der Waals surface area contributed by atoms with E-state index >= 15 is 0 Å². The Morgan fingerprint density at radius 1 is 1.06 bits per heavy atom. The average Bonchev–Trinajstić information content (AvgIpc) is 2.81. The zero-order valence-corrected chi connectivity index (χ0v) is 21.9. The van der Waals surface area contributed by atoms with Crippen molar-refractivity contribution in [3.8, 4) is 17.1 Å². The topological polar surface area (TPSA) is 56.5 Å². The zero-order chi connectivity index (χ0) is 22.7. The second kappa shape index (κ2) is 10.1. The van der Waals surface area contributed by atoms with Gasteiger partial charge in [-0.1, -0.05) is 49.4 Å². The van der Waals surface area contributed by atoms with Crippen LogP contribution in [0.4, 0.5) is 0 Å². The van der Waals surface area contributed by atoms with E-state index in [-0.39, 0.29) is 11.7 Å². The summed E-state index contributed by atoms with van der Waals surface area (Å²) in [6.45, 7) is 4.16. The number of fused-ring (bicyclic) bond motifs is 1. The zero-order valence-electron chi connectivity index (χ0n) is 17.6. The number of hydrogen-bond donors (Lipinski definition) is 0. The van der Waals surface area contributed by atoms with Gasteiger partial charge in [0.1, 0.15) is 5.75 Å². The summed E-state index contributed by atoms with van der Waals surface area (Å²) in [5.41, 5.74) is 2.16. The van der Waals surface area contributed by atoms with Crippen LogP contribution in [0.1, 0.15) is 25.8 Å². The Bertz CT molecular complexity index is 1330. The molecule has 3 aromatic carbocycles. The summed E-state index contributed by atoms with van der Waals surface area (Å²) in [6, 6.07) is 21.0. The van der Waals surface area contributed by atoms with Crippen molar-refractivity contribution in [2.24, 2.45) is 5.10 Å². The van der Waals surface area contributed by atoms with Gasteiger partial charge < -0.3 is 4.74 Å². The number of halogens is 2. The minimum atomic E-state index is -0.202. The van der Waals surface area contributed by atoms with Crippen molar-refractivity contribution in [3.05, 3.63) is 89.8 Å². The number of aromatic nitrogens is 2. The van der Waals surface area contributed by atoms with Gasteiger partial charge in [0.15, 0.2) is 5.82 Å². The first-order valence-electron chi connectivity index (χ1n) is 10.2. The van der Waals surface area contributed by atoms with Crippen LogP contribution < -0.4 is 10.3 Å². The van der Waals surface area contributed by atoms with Crippen LogP contribution in [0, 0.1) is 7.14 Å². The average molecular weight is 649 g/mol. The van der Waals surface area contributed by atoms with Crippen molar-refractivity contribution in [3.63, 3.8) is 0 Å². The molecule has 0 saturated heterocycles. The largest absolute Gasteiger partial charge is 0.489 e. The first-order valence-corrected chi connectivity index (χ1v) is 12.4. The fourth-order valence-corrected chi connectivity index (χ4v) is 5.25. The Kier molecular flexibility index (Phi) is 7.24. The first-order chi connectivity index (χ1) is 15.5. The Morgan fingerprint density at radius 3 is 2.41 bits per heavy atom. The quantitative estimate of drug-likeness (QED) is 0.181. The molecule has 4 rings (SSSR count). The van der Waals surface area contributed by atoms with Gasteiger partial charge in [-0.25, -0.2) is 4.98 Å². The van der Waals surface area contributed by atoms with E-state index < -0.39 is 0 Å². The molecule has 0 aliphatic rings. The number of benzene rings is 3. The monoisotopic (exact) mass is 649 g/mol. The van der Waals surface area contributed by atoms with Gasteiger partial charge in [0.05, 0.1) is 30.4 Å². The molecular formula is C25H21I2N3O2. The van der Waals surface area contributed by atoms with Crippen molar-refractivity contribution in [1.82, 2.24) is 9.66 Å². The predicted molar refractivity (Wildman–Crippen MR) is 147 cm³/mol. The van der Waals surface area contributed by atoms with E-state index in [0.717, 1.165) is 30.4 Å². The van der Waals surface area contributed by atoms with Gasteiger partial charge in [-0.3, -0.25) is 4.79 Å². The fourth-order valence-electron chi connectivity index (χ4n) is 3.18. The smallest absolute Gasteiger partial charge is 0.282 e. The van der Waals surface area contributed by atoms with Crippen molar-refractivity contribution in [1.29, 1.82) is 0 Å². The molecule has 0 N–H and O–H groups in total. The number of ether oxygens (including phenoxy) is 1. The molecule has 0 radical (unpaired) electrons. The Morgan fingerprint density at radius 2 is 1.72 bits per heavy atom. The minimum absolute atomic E-state index is 0.146. The van der Waals surface area contributed by atoms with Gasteiger partial charge in [0.25, 0.3) is 5.56 Å². The molecule has 162 valence electrons. The first kappa shape index (κ1) is 22.9. The highest BCUT2D eigenvalue weighted by molar-refractivity contribution is 14.1. The van der Waals surface area contributed by atoms with Gasteiger partial charge in [-0.05, 0) is 88.4 Å². The van der Waals surface area contributed by atoms with Gasteiger partial charge in [0.2, 0.25) is 0 Å². The standard InChI is InChI=1S/C25H21I2N3O2/c1-3-16(2)32-23-20(26)13-17(14-21(23)27)15-28-30-24(18-9-5-4-6-10-18)29-22-12-8-7-11-19(22)25(30)31/h4-16H,3H2,1-2H3/t16-/m1/s1. The summed E-state index contributed by atoms with van der Waals surface area (Å²) in [5.74, 6) is 1.39. The van der Waals surface area contributed by atoms with E-state index in [0.29, 0.717) is 16.7 Å². The van der Waals surface area contributed by atoms with E-state index in [1.54, 1.807) is 12.3 Å². The van der Waals surface area contributed by atoms with Gasteiger partial charge in [0, 0.05) is 5.56 Å². The molecule has 1 atom stereocenters. The van der Waals surface area contributed by atoms with Crippen molar-refractivity contribution in [2.75, 3.05) is 0 Å². The van der Waals surface area contributed by atoms with E-state index in [1.165, 1.54) is 4.68 Å². The molecule has 0 bridgehead atoms. The maximum Gasteiger partial charge on any atom is 0.282 e. The van der Waals surface area contributed by atoms with Crippen molar-refractivity contribution >= 4 is 62.3 Å². The summed E-state index contributed by atoms with van der Waals surface area (Å²) >= 11 is 4.56. The highest BCUT2D eigenvalue weighted by Crippen LogP contribution is 2.30. The molecule has 5 nitrogen and oxygen atoms in total. The number of rotatable bonds is 6. The molecule has 0 unspecified atom stereocenters. The molecule has 0 spiro atoms. The van der Waals surface area contributed by atoms with E-state index in [1.807, 2.05) is 60.7 Å². The highest BCUT2D eigenvalue weighted by atomic mass is 127. The maximum atomic E-state index is 13.3. The van der Waals surface area contributed by atoms with Gasteiger partial charge in [-0.15, -0.1) is 0 Å². The normalized spacial score (nSPS) is 12.4. The van der Waals surface area contributed by atoms with Gasteiger partial charge in [-0.2, -0.15) is 9.78 Å². The summed E-state index contributed by atoms with van der Waals surface area (Å²) in [6.07, 6.45) is 2.78. The lowest BCUT2D eigenvalue weighted by Gasteiger charge is -2.16. The Hall–Kier alpha value is -2.27. The highest BCUT2D eigenvalue weighted by Gasteiger charge is 2.13. The summed E-state index contributed by atoms with van der Waals surface area (Å²) < 4.78 is 9.44. The number of para-hydroxylation sites is 1. The van der Waals surface area contributed by atoms with Crippen LogP contribution in [-0.4, -0.2) is 22.0 Å². The number of nitrogens with zero attached hydrogens (tertiary/aromatic N) is 3. The second-order valence-electron chi connectivity index (χ2n) is 7.33. The van der Waals surface area contributed by atoms with Crippen LogP contribution in [0.2, 0.25) is 0 Å². The minimum Gasteiger partial charge on any atom is -0.489 e. The van der Waals surface area contributed by atoms with Crippen LogP contribution in [0.15, 0.2) is 76.6 Å². The molecule has 0 saturated carbocycles. The SMILES string of the molecule is CC[C@@H](C)Oc1c(I)cc(C=Nn2c(-c3ccccc3)nc3ccccc3c2=O)cc1I. The van der Waals surface area contributed by atoms with Crippen LogP contribution in [0.5, 0.6) is 5.75 Å². The van der Waals surface area contributed by atoms with E-state index in [2.05, 4.69) is 64.1 Å². The number of hydrogen-bond acceptors (Lipinski definition) is 4. The second-order valence-corrected chi connectivity index (χ2v) is 9.65. The third-order valence-corrected chi connectivity index (χ3v) is 6.63.